The second-order valence-electron chi connectivity index (χ2n) is 8.43. The van der Waals surface area contributed by atoms with Crippen molar-refractivity contribution in [3.05, 3.63) is 58.7 Å². The molecule has 1 aliphatic carbocycles. The third kappa shape index (κ3) is 4.35. The lowest BCUT2D eigenvalue weighted by Gasteiger charge is -2.27. The minimum Gasteiger partial charge on any atom is -0.497 e. The molecule has 27 heavy (non-hydrogen) atoms. The molecule has 144 valence electrons. The zero-order valence-corrected chi connectivity index (χ0v) is 17.1. The van der Waals surface area contributed by atoms with E-state index >= 15 is 0 Å². The van der Waals surface area contributed by atoms with E-state index < -0.39 is 5.41 Å². The summed E-state index contributed by atoms with van der Waals surface area (Å²) in [5.41, 5.74) is 4.98. The summed E-state index contributed by atoms with van der Waals surface area (Å²) in [6, 6.07) is 12.6. The Kier molecular flexibility index (Phi) is 5.59. The minimum absolute atomic E-state index is 0.193. The average molecular weight is 367 g/mol. The first-order valence-electron chi connectivity index (χ1n) is 9.82. The van der Waals surface area contributed by atoms with Gasteiger partial charge in [0.05, 0.1) is 12.5 Å². The van der Waals surface area contributed by atoms with Crippen molar-refractivity contribution in [3.8, 4) is 11.5 Å². The Hall–Kier alpha value is -2.29. The molecule has 0 saturated heterocycles. The van der Waals surface area contributed by atoms with Crippen molar-refractivity contribution in [2.75, 3.05) is 7.11 Å². The number of ether oxygens (including phenoxy) is 2. The fraction of sp³-hybridized carbons (Fsp3) is 0.458. The summed E-state index contributed by atoms with van der Waals surface area (Å²) < 4.78 is 10.9. The van der Waals surface area contributed by atoms with E-state index in [9.17, 15) is 4.79 Å². The molecular weight excluding hydrogens is 336 g/mol. The van der Waals surface area contributed by atoms with Crippen LogP contribution in [0.2, 0.25) is 0 Å². The number of carbonyl (C=O) groups is 1. The van der Waals surface area contributed by atoms with Crippen molar-refractivity contribution in [1.29, 1.82) is 0 Å². The van der Waals surface area contributed by atoms with Crippen molar-refractivity contribution >= 4 is 5.97 Å². The Morgan fingerprint density at radius 1 is 1.07 bits per heavy atom. The molecule has 1 aliphatic rings. The van der Waals surface area contributed by atoms with Crippen molar-refractivity contribution in [1.82, 2.24) is 0 Å². The highest BCUT2D eigenvalue weighted by atomic mass is 16.5. The number of esters is 1. The lowest BCUT2D eigenvalue weighted by Crippen LogP contribution is -2.25. The number of hydrogen-bond donors (Lipinski definition) is 0. The Morgan fingerprint density at radius 3 is 2.48 bits per heavy atom. The monoisotopic (exact) mass is 366 g/mol. The summed E-state index contributed by atoms with van der Waals surface area (Å²) in [4.78, 5) is 12.1. The highest BCUT2D eigenvalue weighted by Gasteiger charge is 2.25. The van der Waals surface area contributed by atoms with Crippen LogP contribution in [0.1, 0.15) is 62.3 Å². The number of fused-ring (bicyclic) bond motifs is 1. The van der Waals surface area contributed by atoms with Crippen LogP contribution in [-0.4, -0.2) is 13.1 Å². The third-order valence-electron chi connectivity index (χ3n) is 5.40. The zero-order valence-electron chi connectivity index (χ0n) is 17.1. The molecule has 0 spiro atoms. The second kappa shape index (κ2) is 7.75. The van der Waals surface area contributed by atoms with Crippen molar-refractivity contribution in [2.24, 2.45) is 5.41 Å². The Balaban J connectivity index is 1.79. The van der Waals surface area contributed by atoms with Gasteiger partial charge in [0.1, 0.15) is 11.5 Å². The molecule has 0 heterocycles. The predicted octanol–water partition coefficient (Wildman–Crippen LogP) is 5.48. The lowest BCUT2D eigenvalue weighted by molar-refractivity contribution is -0.143. The van der Waals surface area contributed by atoms with Gasteiger partial charge in [-0.25, -0.2) is 0 Å². The van der Waals surface area contributed by atoms with Crippen molar-refractivity contribution in [3.63, 3.8) is 0 Å². The summed E-state index contributed by atoms with van der Waals surface area (Å²) >= 11 is 0. The topological polar surface area (TPSA) is 35.5 Å². The quantitative estimate of drug-likeness (QED) is 0.531. The maximum Gasteiger partial charge on any atom is 0.316 e. The van der Waals surface area contributed by atoms with Gasteiger partial charge in [-0.15, -0.1) is 0 Å². The fourth-order valence-electron chi connectivity index (χ4n) is 3.73. The first kappa shape index (κ1) is 19.5. The van der Waals surface area contributed by atoms with E-state index in [1.165, 1.54) is 22.3 Å². The minimum atomic E-state index is -0.494. The van der Waals surface area contributed by atoms with Gasteiger partial charge in [0.25, 0.3) is 0 Å². The van der Waals surface area contributed by atoms with Gasteiger partial charge in [-0.3, -0.25) is 4.79 Å². The normalized spacial score (nSPS) is 16.6. The molecule has 0 fully saturated rings. The smallest absolute Gasteiger partial charge is 0.316 e. The molecule has 0 radical (unpaired) electrons. The number of aryl methyl sites for hydroxylation is 2. The molecule has 0 saturated carbocycles. The second-order valence-corrected chi connectivity index (χ2v) is 8.43. The SMILES string of the molecule is CCc1cc(OC)ccc1C1CCc2cc(OC(=O)C(C)(C)C)ccc2C1. The summed E-state index contributed by atoms with van der Waals surface area (Å²) in [6.45, 7) is 7.82. The number of carbonyl (C=O) groups excluding carboxylic acids is 1. The Morgan fingerprint density at radius 2 is 1.81 bits per heavy atom. The number of benzene rings is 2. The maximum absolute atomic E-state index is 12.1. The van der Waals surface area contributed by atoms with Crippen LogP contribution in [0.3, 0.4) is 0 Å². The van der Waals surface area contributed by atoms with Gasteiger partial charge in [0, 0.05) is 0 Å². The van der Waals surface area contributed by atoms with Crippen LogP contribution < -0.4 is 9.47 Å². The number of rotatable bonds is 4. The van der Waals surface area contributed by atoms with Crippen LogP contribution in [0.25, 0.3) is 0 Å². The van der Waals surface area contributed by atoms with E-state index in [0.717, 1.165) is 31.4 Å². The number of methoxy groups -OCH3 is 1. The van der Waals surface area contributed by atoms with Crippen LogP contribution in [0.5, 0.6) is 11.5 Å². The van der Waals surface area contributed by atoms with Gasteiger partial charge < -0.3 is 9.47 Å². The molecule has 0 N–H and O–H groups in total. The van der Waals surface area contributed by atoms with E-state index in [4.69, 9.17) is 9.47 Å². The molecule has 1 unspecified atom stereocenters. The van der Waals surface area contributed by atoms with E-state index in [1.54, 1.807) is 7.11 Å². The molecule has 3 rings (SSSR count). The van der Waals surface area contributed by atoms with E-state index in [1.807, 2.05) is 32.9 Å². The highest BCUT2D eigenvalue weighted by Crippen LogP contribution is 2.37. The summed E-state index contributed by atoms with van der Waals surface area (Å²) in [5, 5.41) is 0. The van der Waals surface area contributed by atoms with E-state index in [2.05, 4.69) is 31.2 Å². The highest BCUT2D eigenvalue weighted by molar-refractivity contribution is 5.77. The van der Waals surface area contributed by atoms with Crippen molar-refractivity contribution < 1.29 is 14.3 Å². The first-order valence-corrected chi connectivity index (χ1v) is 9.82. The fourth-order valence-corrected chi connectivity index (χ4v) is 3.73. The van der Waals surface area contributed by atoms with Crippen LogP contribution >= 0.6 is 0 Å². The van der Waals surface area contributed by atoms with Crippen LogP contribution in [0.4, 0.5) is 0 Å². The van der Waals surface area contributed by atoms with E-state index in [0.29, 0.717) is 11.7 Å². The largest absolute Gasteiger partial charge is 0.497 e. The van der Waals surface area contributed by atoms with Gasteiger partial charge in [0.2, 0.25) is 0 Å². The van der Waals surface area contributed by atoms with Gasteiger partial charge >= 0.3 is 5.97 Å². The molecule has 0 bridgehead atoms. The van der Waals surface area contributed by atoms with Crippen molar-refractivity contribution in [2.45, 2.75) is 59.3 Å². The molecule has 0 amide bonds. The van der Waals surface area contributed by atoms with Crippen LogP contribution in [0.15, 0.2) is 36.4 Å². The summed E-state index contributed by atoms with van der Waals surface area (Å²) in [7, 11) is 1.72. The predicted molar refractivity (Wildman–Crippen MR) is 109 cm³/mol. The molecule has 3 heteroatoms. The molecule has 3 nitrogen and oxygen atoms in total. The standard InChI is InChI=1S/C24H30O3/c1-6-16-14-20(26-5)11-12-22(16)19-8-7-18-15-21(10-9-17(18)13-19)27-23(25)24(2,3)4/h9-12,14-15,19H,6-8,13H2,1-5H3. The van der Waals surface area contributed by atoms with Gasteiger partial charge in [0.15, 0.2) is 0 Å². The lowest BCUT2D eigenvalue weighted by atomic mass is 9.78. The maximum atomic E-state index is 12.1. The van der Waals surface area contributed by atoms with Crippen LogP contribution in [-0.2, 0) is 24.1 Å². The molecule has 0 aromatic heterocycles. The number of hydrogen-bond acceptors (Lipinski definition) is 3. The van der Waals surface area contributed by atoms with E-state index in [-0.39, 0.29) is 5.97 Å². The molecule has 1 atom stereocenters. The van der Waals surface area contributed by atoms with Gasteiger partial charge in [-0.05, 0) is 98.9 Å². The molecule has 2 aromatic carbocycles. The molecule has 2 aromatic rings. The zero-order chi connectivity index (χ0) is 19.6. The average Bonchev–Trinajstić information content (AvgIpc) is 2.66. The van der Waals surface area contributed by atoms with Gasteiger partial charge in [-0.1, -0.05) is 19.1 Å². The summed E-state index contributed by atoms with van der Waals surface area (Å²) in [5.74, 6) is 1.92. The molecule has 0 aliphatic heterocycles. The summed E-state index contributed by atoms with van der Waals surface area (Å²) in [6.07, 6.45) is 4.17. The Labute approximate surface area is 162 Å². The first-order chi connectivity index (χ1) is 12.8. The molecular formula is C24H30O3. The van der Waals surface area contributed by atoms with Gasteiger partial charge in [-0.2, -0.15) is 0 Å². The van der Waals surface area contributed by atoms with Crippen LogP contribution in [0, 0.1) is 5.41 Å². The Bertz CT molecular complexity index is 830. The third-order valence-corrected chi connectivity index (χ3v) is 5.40.